The quantitative estimate of drug-likeness (QED) is 0.209. The lowest BCUT2D eigenvalue weighted by Gasteiger charge is -2.28. The number of aromatic nitrogens is 2. The maximum absolute atomic E-state index is 12.8. The molecule has 0 aliphatic heterocycles. The first-order valence-electron chi connectivity index (χ1n) is 12.4. The highest BCUT2D eigenvalue weighted by molar-refractivity contribution is 7.15. The summed E-state index contributed by atoms with van der Waals surface area (Å²) >= 11 is 1.65. The largest absolute Gasteiger partial charge is 0.488 e. The number of hydrogen-bond donors (Lipinski definition) is 0. The van der Waals surface area contributed by atoms with E-state index in [4.69, 9.17) is 14.2 Å². The van der Waals surface area contributed by atoms with Gasteiger partial charge in [-0.3, -0.25) is 0 Å². The number of ether oxygens (including phenoxy) is 3. The third kappa shape index (κ3) is 6.74. The van der Waals surface area contributed by atoms with Gasteiger partial charge in [-0.15, -0.1) is 11.3 Å². The molecule has 7 heteroatoms. The number of para-hydroxylation sites is 1. The Morgan fingerprint density at radius 2 is 1.65 bits per heavy atom. The van der Waals surface area contributed by atoms with Crippen molar-refractivity contribution in [3.05, 3.63) is 94.6 Å². The Morgan fingerprint density at radius 1 is 0.946 bits per heavy atom. The minimum Gasteiger partial charge on any atom is -0.488 e. The smallest absolute Gasteiger partial charge is 0.350 e. The molecule has 6 nitrogen and oxygen atoms in total. The topological polar surface area (TPSA) is 70.5 Å². The van der Waals surface area contributed by atoms with Crippen LogP contribution in [0.4, 0.5) is 0 Å². The average molecular weight is 517 g/mol. The summed E-state index contributed by atoms with van der Waals surface area (Å²) < 4.78 is 17.5. The van der Waals surface area contributed by atoms with Crippen LogP contribution < -0.4 is 9.47 Å². The van der Waals surface area contributed by atoms with E-state index >= 15 is 0 Å². The van der Waals surface area contributed by atoms with Gasteiger partial charge >= 0.3 is 5.97 Å². The van der Waals surface area contributed by atoms with Crippen molar-refractivity contribution in [1.29, 1.82) is 0 Å². The summed E-state index contributed by atoms with van der Waals surface area (Å²) in [5, 5.41) is 0. The summed E-state index contributed by atoms with van der Waals surface area (Å²) in [4.78, 5) is 23.9. The van der Waals surface area contributed by atoms with Crippen molar-refractivity contribution >= 4 is 17.3 Å². The fraction of sp³-hybridized carbons (Fsp3) is 0.300. The molecule has 0 N–H and O–H groups in total. The Bertz CT molecular complexity index is 1300. The van der Waals surface area contributed by atoms with Gasteiger partial charge in [0, 0.05) is 23.7 Å². The van der Waals surface area contributed by atoms with Crippen LogP contribution in [0.25, 0.3) is 10.7 Å². The van der Waals surface area contributed by atoms with Crippen LogP contribution in [0.15, 0.2) is 73.1 Å². The molecule has 4 rings (SSSR count). The van der Waals surface area contributed by atoms with E-state index in [0.717, 1.165) is 44.4 Å². The zero-order valence-electron chi connectivity index (χ0n) is 21.7. The van der Waals surface area contributed by atoms with E-state index in [1.54, 1.807) is 25.2 Å². The van der Waals surface area contributed by atoms with Crippen LogP contribution in [-0.4, -0.2) is 28.1 Å². The lowest BCUT2D eigenvalue weighted by Crippen LogP contribution is -2.45. The molecule has 37 heavy (non-hydrogen) atoms. The molecule has 0 spiro atoms. The van der Waals surface area contributed by atoms with Gasteiger partial charge in [0.1, 0.15) is 18.1 Å². The first-order valence-corrected chi connectivity index (χ1v) is 13.3. The molecule has 4 aromatic rings. The van der Waals surface area contributed by atoms with Gasteiger partial charge in [0.25, 0.3) is 0 Å². The van der Waals surface area contributed by atoms with E-state index in [1.807, 2.05) is 67.0 Å². The number of thiophene rings is 1. The van der Waals surface area contributed by atoms with Crippen molar-refractivity contribution in [2.24, 2.45) is 0 Å². The van der Waals surface area contributed by atoms with Gasteiger partial charge in [0.15, 0.2) is 5.82 Å². The number of benzene rings is 2. The lowest BCUT2D eigenvalue weighted by molar-refractivity contribution is -0.160. The highest BCUT2D eigenvalue weighted by atomic mass is 32.1. The third-order valence-corrected chi connectivity index (χ3v) is 7.19. The second-order valence-electron chi connectivity index (χ2n) is 8.96. The molecule has 1 unspecified atom stereocenters. The van der Waals surface area contributed by atoms with Crippen LogP contribution in [0.5, 0.6) is 11.5 Å². The van der Waals surface area contributed by atoms with Crippen LogP contribution in [0.1, 0.15) is 42.3 Å². The van der Waals surface area contributed by atoms with Gasteiger partial charge in [-0.05, 0) is 74.2 Å². The molecule has 0 amide bonds. The normalized spacial score (nSPS) is 12.5. The fourth-order valence-corrected chi connectivity index (χ4v) is 4.90. The maximum atomic E-state index is 12.8. The molecule has 1 atom stereocenters. The zero-order valence-corrected chi connectivity index (χ0v) is 22.5. The molecule has 0 fully saturated rings. The number of nitrogens with zero attached hydrogens (tertiary/aromatic N) is 2. The minimum atomic E-state index is -1.15. The predicted molar refractivity (Wildman–Crippen MR) is 146 cm³/mol. The van der Waals surface area contributed by atoms with E-state index in [2.05, 4.69) is 29.9 Å². The standard InChI is InChI=1S/C30H32N2O4S/c1-5-22-18-31-28(32-19-22)26-16-21(3)27(37-26)20-35-24-14-12-23(13-15-24)17-30(4,29(33)34-6-2)36-25-10-8-7-9-11-25/h7-16,18-19H,5-6,17,20H2,1-4H3. The number of carbonyl (C=O) groups is 1. The summed E-state index contributed by atoms with van der Waals surface area (Å²) in [6, 6.07) is 19.2. The molecular weight excluding hydrogens is 484 g/mol. The number of carbonyl (C=O) groups excluding carboxylic acids is 1. The minimum absolute atomic E-state index is 0.291. The van der Waals surface area contributed by atoms with Gasteiger partial charge in [-0.2, -0.15) is 0 Å². The van der Waals surface area contributed by atoms with Crippen molar-refractivity contribution in [1.82, 2.24) is 9.97 Å². The monoisotopic (exact) mass is 516 g/mol. The van der Waals surface area contributed by atoms with Crippen molar-refractivity contribution in [2.75, 3.05) is 6.61 Å². The molecule has 2 aromatic heterocycles. The summed E-state index contributed by atoms with van der Waals surface area (Å²) in [6.45, 7) is 8.47. The van der Waals surface area contributed by atoms with E-state index < -0.39 is 11.6 Å². The molecule has 2 heterocycles. The molecule has 2 aromatic carbocycles. The molecule has 192 valence electrons. The Morgan fingerprint density at radius 3 is 2.30 bits per heavy atom. The van der Waals surface area contributed by atoms with Gasteiger partial charge < -0.3 is 14.2 Å². The lowest BCUT2D eigenvalue weighted by atomic mass is 9.96. The number of hydrogen-bond acceptors (Lipinski definition) is 7. The first kappa shape index (κ1) is 26.4. The van der Waals surface area contributed by atoms with E-state index in [0.29, 0.717) is 25.4 Å². The second kappa shape index (κ2) is 12.0. The van der Waals surface area contributed by atoms with Gasteiger partial charge in [-0.1, -0.05) is 37.3 Å². The second-order valence-corrected chi connectivity index (χ2v) is 10.1. The van der Waals surface area contributed by atoms with Gasteiger partial charge in [-0.25, -0.2) is 14.8 Å². The number of rotatable bonds is 11. The SMILES string of the molecule is CCOC(=O)C(C)(Cc1ccc(OCc2sc(-c3ncc(CC)cn3)cc2C)cc1)Oc1ccccc1. The Labute approximate surface area is 222 Å². The average Bonchev–Trinajstić information content (AvgIpc) is 3.29. The summed E-state index contributed by atoms with van der Waals surface area (Å²) in [5.74, 6) is 1.72. The van der Waals surface area contributed by atoms with Crippen LogP contribution in [0.3, 0.4) is 0 Å². The molecule has 0 aliphatic carbocycles. The zero-order chi connectivity index (χ0) is 26.3. The van der Waals surface area contributed by atoms with E-state index in [1.165, 1.54) is 0 Å². The van der Waals surface area contributed by atoms with Gasteiger partial charge in [0.05, 0.1) is 11.5 Å². The highest BCUT2D eigenvalue weighted by Crippen LogP contribution is 2.30. The van der Waals surface area contributed by atoms with Crippen LogP contribution in [0.2, 0.25) is 0 Å². The fourth-order valence-electron chi connectivity index (χ4n) is 3.86. The van der Waals surface area contributed by atoms with Crippen molar-refractivity contribution in [2.45, 2.75) is 52.7 Å². The summed E-state index contributed by atoms with van der Waals surface area (Å²) in [5.41, 5.74) is 2.07. The van der Waals surface area contributed by atoms with Crippen LogP contribution in [0, 0.1) is 6.92 Å². The molecule has 0 bridgehead atoms. The Hall–Kier alpha value is -3.71. The Balaban J connectivity index is 1.41. The Kier molecular flexibility index (Phi) is 8.56. The summed E-state index contributed by atoms with van der Waals surface area (Å²) in [6.07, 6.45) is 5.05. The van der Waals surface area contributed by atoms with Crippen LogP contribution >= 0.6 is 11.3 Å². The highest BCUT2D eigenvalue weighted by Gasteiger charge is 2.37. The predicted octanol–water partition coefficient (Wildman–Crippen LogP) is 6.60. The van der Waals surface area contributed by atoms with Crippen molar-refractivity contribution in [3.63, 3.8) is 0 Å². The molecule has 0 saturated carbocycles. The maximum Gasteiger partial charge on any atom is 0.350 e. The molecule has 0 saturated heterocycles. The van der Waals surface area contributed by atoms with E-state index in [9.17, 15) is 4.79 Å². The molecular formula is C30H32N2O4S. The first-order chi connectivity index (χ1) is 17.9. The van der Waals surface area contributed by atoms with Crippen molar-refractivity contribution < 1.29 is 19.0 Å². The van der Waals surface area contributed by atoms with Gasteiger partial charge in [0.2, 0.25) is 5.60 Å². The number of aryl methyl sites for hydroxylation is 2. The molecule has 0 radical (unpaired) electrons. The van der Waals surface area contributed by atoms with E-state index in [-0.39, 0.29) is 0 Å². The number of esters is 1. The molecule has 0 aliphatic rings. The van der Waals surface area contributed by atoms with Crippen LogP contribution in [-0.2, 0) is 29.0 Å². The van der Waals surface area contributed by atoms with Crippen molar-refractivity contribution in [3.8, 4) is 22.2 Å². The summed E-state index contributed by atoms with van der Waals surface area (Å²) in [7, 11) is 0. The third-order valence-electron chi connectivity index (χ3n) is 5.98.